The van der Waals surface area contributed by atoms with Crippen LogP contribution >= 0.6 is 0 Å². The van der Waals surface area contributed by atoms with Crippen molar-refractivity contribution in [2.24, 2.45) is 0 Å². The van der Waals surface area contributed by atoms with Gasteiger partial charge in [-0.15, -0.1) is 0 Å². The molecule has 0 radical (unpaired) electrons. The van der Waals surface area contributed by atoms with Crippen molar-refractivity contribution in [3.63, 3.8) is 0 Å². The molecule has 20 heavy (non-hydrogen) atoms. The average molecular weight is 275 g/mol. The zero-order valence-electron chi connectivity index (χ0n) is 11.7. The number of piperidine rings is 1. The predicted octanol–water partition coefficient (Wildman–Crippen LogP) is 1.84. The highest BCUT2D eigenvalue weighted by molar-refractivity contribution is 5.78. The molecule has 3 fully saturated rings. The molecule has 108 valence electrons. The van der Waals surface area contributed by atoms with Crippen LogP contribution in [0.3, 0.4) is 0 Å². The molecule has 0 aromatic carbocycles. The quantitative estimate of drug-likeness (QED) is 0.880. The first-order valence-electron chi connectivity index (χ1n) is 7.74. The zero-order valence-corrected chi connectivity index (χ0v) is 11.7. The molecule has 1 saturated heterocycles. The van der Waals surface area contributed by atoms with Gasteiger partial charge in [-0.2, -0.15) is 0 Å². The van der Waals surface area contributed by atoms with Crippen molar-refractivity contribution in [2.45, 2.75) is 69.0 Å². The second-order valence-corrected chi connectivity index (χ2v) is 6.47. The minimum Gasteiger partial charge on any atom is -0.444 e. The molecule has 4 rings (SSSR count). The Morgan fingerprint density at radius 1 is 1.40 bits per heavy atom. The van der Waals surface area contributed by atoms with Gasteiger partial charge >= 0.3 is 0 Å². The molecule has 1 aliphatic heterocycles. The lowest BCUT2D eigenvalue weighted by Crippen LogP contribution is -2.67. The number of oxazole rings is 1. The smallest absolute Gasteiger partial charge is 0.220 e. The maximum Gasteiger partial charge on any atom is 0.220 e. The average Bonchev–Trinajstić information content (AvgIpc) is 3.15. The number of nitrogens with zero attached hydrogens (tertiary/aromatic N) is 1. The SMILES string of the molecule is O=C1CC[C@H](NCc2cnc(C3CC3)o2)C2(CCC2)N1. The van der Waals surface area contributed by atoms with Gasteiger partial charge in [0.2, 0.25) is 5.91 Å². The lowest BCUT2D eigenvalue weighted by atomic mass is 9.68. The molecule has 1 spiro atoms. The number of amides is 1. The van der Waals surface area contributed by atoms with Crippen LogP contribution in [-0.2, 0) is 11.3 Å². The lowest BCUT2D eigenvalue weighted by molar-refractivity contribution is -0.128. The maximum absolute atomic E-state index is 11.6. The Balaban J connectivity index is 1.38. The Bertz CT molecular complexity index is 517. The van der Waals surface area contributed by atoms with E-state index in [4.69, 9.17) is 4.42 Å². The largest absolute Gasteiger partial charge is 0.444 e. The summed E-state index contributed by atoms with van der Waals surface area (Å²) in [6.07, 6.45) is 9.23. The summed E-state index contributed by atoms with van der Waals surface area (Å²) in [5.74, 6) is 2.59. The second kappa shape index (κ2) is 4.58. The Morgan fingerprint density at radius 3 is 2.95 bits per heavy atom. The normalized spacial score (nSPS) is 28.2. The van der Waals surface area contributed by atoms with Gasteiger partial charge in [0.1, 0.15) is 5.76 Å². The highest BCUT2D eigenvalue weighted by atomic mass is 16.4. The van der Waals surface area contributed by atoms with E-state index in [1.165, 1.54) is 19.3 Å². The molecule has 2 heterocycles. The fourth-order valence-electron chi connectivity index (χ4n) is 3.45. The number of aromatic nitrogens is 1. The summed E-state index contributed by atoms with van der Waals surface area (Å²) < 4.78 is 5.78. The zero-order chi connectivity index (χ0) is 13.6. The van der Waals surface area contributed by atoms with Crippen LogP contribution in [0.1, 0.15) is 62.5 Å². The van der Waals surface area contributed by atoms with Crippen LogP contribution in [-0.4, -0.2) is 22.5 Å². The molecular weight excluding hydrogens is 254 g/mol. The van der Waals surface area contributed by atoms with Gasteiger partial charge in [0.15, 0.2) is 5.89 Å². The van der Waals surface area contributed by atoms with Crippen LogP contribution in [0, 0.1) is 0 Å². The first-order chi connectivity index (χ1) is 9.75. The topological polar surface area (TPSA) is 67.2 Å². The number of carbonyl (C=O) groups is 1. The Morgan fingerprint density at radius 2 is 2.25 bits per heavy atom. The van der Waals surface area contributed by atoms with Crippen LogP contribution in [0.15, 0.2) is 10.6 Å². The monoisotopic (exact) mass is 275 g/mol. The fraction of sp³-hybridized carbons (Fsp3) is 0.733. The predicted molar refractivity (Wildman–Crippen MR) is 73.1 cm³/mol. The lowest BCUT2D eigenvalue weighted by Gasteiger charge is -2.51. The molecule has 2 aliphatic carbocycles. The van der Waals surface area contributed by atoms with Gasteiger partial charge in [0.25, 0.3) is 0 Å². The van der Waals surface area contributed by atoms with Gasteiger partial charge in [0, 0.05) is 18.4 Å². The standard InChI is InChI=1S/C15H21N3O2/c19-13-5-4-12(15(18-13)6-1-7-15)16-8-11-9-17-14(20-11)10-2-3-10/h9-10,12,16H,1-8H2,(H,18,19)/t12-/m0/s1. The van der Waals surface area contributed by atoms with Gasteiger partial charge in [-0.3, -0.25) is 4.79 Å². The Labute approximate surface area is 118 Å². The summed E-state index contributed by atoms with van der Waals surface area (Å²) in [4.78, 5) is 16.0. The Hall–Kier alpha value is -1.36. The van der Waals surface area contributed by atoms with E-state index in [9.17, 15) is 4.79 Å². The minimum atomic E-state index is 0.00861. The number of hydrogen-bond donors (Lipinski definition) is 2. The van der Waals surface area contributed by atoms with Crippen LogP contribution in [0.25, 0.3) is 0 Å². The van der Waals surface area contributed by atoms with Gasteiger partial charge < -0.3 is 15.1 Å². The summed E-state index contributed by atoms with van der Waals surface area (Å²) in [6, 6.07) is 0.364. The Kier molecular flexibility index (Phi) is 2.84. The molecule has 3 aliphatic rings. The van der Waals surface area contributed by atoms with E-state index < -0.39 is 0 Å². The van der Waals surface area contributed by atoms with Gasteiger partial charge in [-0.25, -0.2) is 4.98 Å². The van der Waals surface area contributed by atoms with E-state index >= 15 is 0 Å². The van der Waals surface area contributed by atoms with Crippen LogP contribution in [0.4, 0.5) is 0 Å². The first kappa shape index (κ1) is 12.4. The van der Waals surface area contributed by atoms with Gasteiger partial charge in [-0.1, -0.05) is 0 Å². The third-order valence-electron chi connectivity index (χ3n) is 4.98. The molecule has 5 nitrogen and oxygen atoms in total. The van der Waals surface area contributed by atoms with E-state index in [0.717, 1.165) is 30.9 Å². The third kappa shape index (κ3) is 2.14. The summed E-state index contributed by atoms with van der Waals surface area (Å²) >= 11 is 0. The van der Waals surface area contributed by atoms with E-state index in [-0.39, 0.29) is 11.4 Å². The molecule has 1 aromatic rings. The van der Waals surface area contributed by atoms with Crippen molar-refractivity contribution in [1.82, 2.24) is 15.6 Å². The van der Waals surface area contributed by atoms with Crippen molar-refractivity contribution in [3.8, 4) is 0 Å². The highest BCUT2D eigenvalue weighted by Crippen LogP contribution is 2.40. The van der Waals surface area contributed by atoms with Crippen molar-refractivity contribution < 1.29 is 9.21 Å². The minimum absolute atomic E-state index is 0.00861. The highest BCUT2D eigenvalue weighted by Gasteiger charge is 2.47. The molecule has 1 amide bonds. The summed E-state index contributed by atoms with van der Waals surface area (Å²) in [5, 5.41) is 6.78. The molecule has 1 aromatic heterocycles. The number of hydrogen-bond acceptors (Lipinski definition) is 4. The van der Waals surface area contributed by atoms with Crippen molar-refractivity contribution in [3.05, 3.63) is 17.8 Å². The van der Waals surface area contributed by atoms with E-state index in [1.54, 1.807) is 0 Å². The van der Waals surface area contributed by atoms with E-state index in [0.29, 0.717) is 24.9 Å². The molecule has 2 N–H and O–H groups in total. The second-order valence-electron chi connectivity index (χ2n) is 6.47. The van der Waals surface area contributed by atoms with Crippen molar-refractivity contribution in [2.75, 3.05) is 0 Å². The number of nitrogens with one attached hydrogen (secondary N) is 2. The van der Waals surface area contributed by atoms with Gasteiger partial charge in [0.05, 0.1) is 18.3 Å². The fourth-order valence-corrected chi connectivity index (χ4v) is 3.45. The number of rotatable bonds is 4. The molecule has 2 saturated carbocycles. The molecule has 5 heteroatoms. The number of carbonyl (C=O) groups excluding carboxylic acids is 1. The molecular formula is C15H21N3O2. The van der Waals surface area contributed by atoms with E-state index in [1.807, 2.05) is 6.20 Å². The van der Waals surface area contributed by atoms with Crippen LogP contribution in [0.2, 0.25) is 0 Å². The third-order valence-corrected chi connectivity index (χ3v) is 4.98. The summed E-state index contributed by atoms with van der Waals surface area (Å²) in [7, 11) is 0. The molecule has 1 atom stereocenters. The van der Waals surface area contributed by atoms with E-state index in [2.05, 4.69) is 15.6 Å². The van der Waals surface area contributed by atoms with Crippen LogP contribution in [0.5, 0.6) is 0 Å². The van der Waals surface area contributed by atoms with Crippen molar-refractivity contribution in [1.29, 1.82) is 0 Å². The first-order valence-corrected chi connectivity index (χ1v) is 7.74. The van der Waals surface area contributed by atoms with Gasteiger partial charge in [-0.05, 0) is 38.5 Å². The summed E-state index contributed by atoms with van der Waals surface area (Å²) in [5.41, 5.74) is 0.00861. The summed E-state index contributed by atoms with van der Waals surface area (Å²) in [6.45, 7) is 0.710. The van der Waals surface area contributed by atoms with Crippen molar-refractivity contribution >= 4 is 5.91 Å². The maximum atomic E-state index is 11.6. The van der Waals surface area contributed by atoms with Crippen LogP contribution < -0.4 is 10.6 Å². The molecule has 0 unspecified atom stereocenters. The molecule has 0 bridgehead atoms.